The highest BCUT2D eigenvalue weighted by molar-refractivity contribution is 9.10. The SMILES string of the molecule is Cc1c(C(=O)Nc2cc(Br)ccc2/C(N)=N/O)cnn1C. The lowest BCUT2D eigenvalue weighted by molar-refractivity contribution is 0.102. The zero-order valence-electron chi connectivity index (χ0n) is 11.5. The Morgan fingerprint density at radius 1 is 1.48 bits per heavy atom. The van der Waals surface area contributed by atoms with Crippen LogP contribution in [0.4, 0.5) is 5.69 Å². The summed E-state index contributed by atoms with van der Waals surface area (Å²) < 4.78 is 2.37. The van der Waals surface area contributed by atoms with Crippen LogP contribution in [0.15, 0.2) is 34.0 Å². The number of hydrogen-bond acceptors (Lipinski definition) is 4. The van der Waals surface area contributed by atoms with Crippen molar-refractivity contribution in [3.8, 4) is 0 Å². The van der Waals surface area contributed by atoms with Gasteiger partial charge in [0.1, 0.15) is 0 Å². The molecule has 0 saturated carbocycles. The second kappa shape index (κ2) is 5.96. The minimum absolute atomic E-state index is 0.0827. The fraction of sp³-hybridized carbons (Fsp3) is 0.154. The van der Waals surface area contributed by atoms with E-state index in [9.17, 15) is 4.79 Å². The quantitative estimate of drug-likeness (QED) is 0.339. The topological polar surface area (TPSA) is 106 Å². The van der Waals surface area contributed by atoms with E-state index in [0.29, 0.717) is 16.8 Å². The van der Waals surface area contributed by atoms with Crippen molar-refractivity contribution in [3.05, 3.63) is 45.7 Å². The minimum Gasteiger partial charge on any atom is -0.409 e. The van der Waals surface area contributed by atoms with Crippen molar-refractivity contribution in [2.24, 2.45) is 17.9 Å². The summed E-state index contributed by atoms with van der Waals surface area (Å²) in [6.07, 6.45) is 1.49. The van der Waals surface area contributed by atoms with E-state index in [1.165, 1.54) is 6.20 Å². The number of benzene rings is 1. The van der Waals surface area contributed by atoms with Crippen LogP contribution < -0.4 is 11.1 Å². The summed E-state index contributed by atoms with van der Waals surface area (Å²) in [6.45, 7) is 1.80. The van der Waals surface area contributed by atoms with Gasteiger partial charge in [0.05, 0.1) is 17.4 Å². The molecule has 21 heavy (non-hydrogen) atoms. The van der Waals surface area contributed by atoms with E-state index in [4.69, 9.17) is 10.9 Å². The molecule has 0 unspecified atom stereocenters. The van der Waals surface area contributed by atoms with E-state index < -0.39 is 0 Å². The Morgan fingerprint density at radius 3 is 2.76 bits per heavy atom. The lowest BCUT2D eigenvalue weighted by Gasteiger charge is -2.10. The second-order valence-electron chi connectivity index (χ2n) is 4.40. The first-order valence-corrected chi connectivity index (χ1v) is 6.80. The van der Waals surface area contributed by atoms with Gasteiger partial charge < -0.3 is 16.3 Å². The van der Waals surface area contributed by atoms with Crippen molar-refractivity contribution < 1.29 is 10.0 Å². The van der Waals surface area contributed by atoms with Gasteiger partial charge in [-0.05, 0) is 25.1 Å². The molecule has 0 saturated heterocycles. The first-order valence-electron chi connectivity index (χ1n) is 6.01. The van der Waals surface area contributed by atoms with Crippen LogP contribution in [0.5, 0.6) is 0 Å². The highest BCUT2D eigenvalue weighted by Gasteiger charge is 2.16. The smallest absolute Gasteiger partial charge is 0.259 e. The van der Waals surface area contributed by atoms with E-state index in [-0.39, 0.29) is 11.7 Å². The molecule has 0 aliphatic carbocycles. The summed E-state index contributed by atoms with van der Waals surface area (Å²) in [7, 11) is 1.76. The highest BCUT2D eigenvalue weighted by Crippen LogP contribution is 2.22. The molecule has 1 aromatic heterocycles. The Kier molecular flexibility index (Phi) is 4.27. The predicted octanol–water partition coefficient (Wildman–Crippen LogP) is 1.84. The van der Waals surface area contributed by atoms with Gasteiger partial charge in [-0.1, -0.05) is 21.1 Å². The summed E-state index contributed by atoms with van der Waals surface area (Å²) in [5.74, 6) is -0.397. The maximum atomic E-state index is 12.3. The van der Waals surface area contributed by atoms with Gasteiger partial charge in [-0.25, -0.2) is 0 Å². The van der Waals surface area contributed by atoms with Gasteiger partial charge in [0, 0.05) is 22.8 Å². The number of nitrogens with two attached hydrogens (primary N) is 1. The molecule has 0 fully saturated rings. The summed E-state index contributed by atoms with van der Waals surface area (Å²) >= 11 is 3.32. The fourth-order valence-electron chi connectivity index (χ4n) is 1.81. The number of halogens is 1. The number of anilines is 1. The van der Waals surface area contributed by atoms with Crippen molar-refractivity contribution in [2.45, 2.75) is 6.92 Å². The van der Waals surface area contributed by atoms with Crippen molar-refractivity contribution >= 4 is 33.4 Å². The van der Waals surface area contributed by atoms with E-state index in [2.05, 4.69) is 31.5 Å². The number of hydrogen-bond donors (Lipinski definition) is 3. The van der Waals surface area contributed by atoms with Crippen LogP contribution in [0.25, 0.3) is 0 Å². The van der Waals surface area contributed by atoms with Gasteiger partial charge in [0.15, 0.2) is 5.84 Å². The number of oxime groups is 1. The molecule has 4 N–H and O–H groups in total. The molecule has 7 nitrogen and oxygen atoms in total. The van der Waals surface area contributed by atoms with E-state index in [0.717, 1.165) is 10.2 Å². The second-order valence-corrected chi connectivity index (χ2v) is 5.31. The summed E-state index contributed by atoms with van der Waals surface area (Å²) in [5, 5.41) is 18.5. The van der Waals surface area contributed by atoms with Gasteiger partial charge in [-0.15, -0.1) is 0 Å². The van der Waals surface area contributed by atoms with Gasteiger partial charge in [-0.2, -0.15) is 5.10 Å². The third kappa shape index (κ3) is 3.05. The van der Waals surface area contributed by atoms with Crippen LogP contribution in [0.3, 0.4) is 0 Å². The molecule has 0 radical (unpaired) electrons. The van der Waals surface area contributed by atoms with Crippen molar-refractivity contribution in [3.63, 3.8) is 0 Å². The summed E-state index contributed by atoms with van der Waals surface area (Å²) in [6, 6.07) is 5.06. The minimum atomic E-state index is -0.314. The van der Waals surface area contributed by atoms with E-state index in [1.54, 1.807) is 36.9 Å². The number of nitrogens with one attached hydrogen (secondary N) is 1. The molecule has 1 aromatic carbocycles. The third-order valence-corrected chi connectivity index (χ3v) is 3.59. The normalized spacial score (nSPS) is 11.5. The van der Waals surface area contributed by atoms with Crippen LogP contribution in [0, 0.1) is 6.92 Å². The average Bonchev–Trinajstić information content (AvgIpc) is 2.78. The maximum Gasteiger partial charge on any atom is 0.259 e. The zero-order valence-corrected chi connectivity index (χ0v) is 13.0. The molecule has 0 spiro atoms. The number of rotatable bonds is 3. The number of amides is 1. The highest BCUT2D eigenvalue weighted by atomic mass is 79.9. The Bertz CT molecular complexity index is 723. The van der Waals surface area contributed by atoms with Crippen LogP contribution >= 0.6 is 15.9 Å². The van der Waals surface area contributed by atoms with Crippen LogP contribution in [0.1, 0.15) is 21.6 Å². The van der Waals surface area contributed by atoms with Crippen LogP contribution in [0.2, 0.25) is 0 Å². The molecule has 0 bridgehead atoms. The number of nitrogens with zero attached hydrogens (tertiary/aromatic N) is 3. The molecule has 1 heterocycles. The Labute approximate surface area is 129 Å². The van der Waals surface area contributed by atoms with E-state index in [1.807, 2.05) is 0 Å². The van der Waals surface area contributed by atoms with Gasteiger partial charge in [0.2, 0.25) is 0 Å². The number of aryl methyl sites for hydroxylation is 1. The molecule has 1 amide bonds. The number of carbonyl (C=O) groups excluding carboxylic acids is 1. The molecule has 0 aliphatic rings. The first kappa shape index (κ1) is 15.0. The van der Waals surface area contributed by atoms with Crippen molar-refractivity contribution in [2.75, 3.05) is 5.32 Å². The predicted molar refractivity (Wildman–Crippen MR) is 82.6 cm³/mol. The van der Waals surface area contributed by atoms with Crippen molar-refractivity contribution in [1.29, 1.82) is 0 Å². The lowest BCUT2D eigenvalue weighted by atomic mass is 10.1. The fourth-order valence-corrected chi connectivity index (χ4v) is 2.17. The molecule has 2 aromatic rings. The monoisotopic (exact) mass is 351 g/mol. The Hall–Kier alpha value is -2.35. The van der Waals surface area contributed by atoms with Gasteiger partial charge in [-0.3, -0.25) is 9.48 Å². The number of carbonyl (C=O) groups is 1. The lowest BCUT2D eigenvalue weighted by Crippen LogP contribution is -2.19. The molecule has 0 atom stereocenters. The number of aromatic nitrogens is 2. The molecule has 0 aliphatic heterocycles. The average molecular weight is 352 g/mol. The first-order chi connectivity index (χ1) is 9.93. The summed E-state index contributed by atoms with van der Waals surface area (Å²) in [4.78, 5) is 12.3. The molecule has 110 valence electrons. The van der Waals surface area contributed by atoms with Gasteiger partial charge >= 0.3 is 0 Å². The standard InChI is InChI=1S/C13H14BrN5O2/c1-7-10(6-16-19(7)2)13(20)17-11-5-8(14)3-4-9(11)12(15)18-21/h3-6,21H,1-2H3,(H2,15,18)(H,17,20). The Morgan fingerprint density at radius 2 is 2.19 bits per heavy atom. The van der Waals surface area contributed by atoms with Crippen molar-refractivity contribution in [1.82, 2.24) is 9.78 Å². The molecule has 2 rings (SSSR count). The molecular formula is C13H14BrN5O2. The third-order valence-electron chi connectivity index (χ3n) is 3.09. The van der Waals surface area contributed by atoms with E-state index >= 15 is 0 Å². The number of amidine groups is 1. The maximum absolute atomic E-state index is 12.3. The largest absolute Gasteiger partial charge is 0.409 e. The summed E-state index contributed by atoms with van der Waals surface area (Å²) in [5.41, 5.74) is 7.68. The van der Waals surface area contributed by atoms with Crippen LogP contribution in [-0.4, -0.2) is 26.7 Å². The zero-order chi connectivity index (χ0) is 15.6. The van der Waals surface area contributed by atoms with Crippen LogP contribution in [-0.2, 0) is 7.05 Å². The van der Waals surface area contributed by atoms with Gasteiger partial charge in [0.25, 0.3) is 5.91 Å². The molecular weight excluding hydrogens is 338 g/mol. The Balaban J connectivity index is 2.37. The molecule has 8 heteroatoms.